The highest BCUT2D eigenvalue weighted by atomic mass is 35.5. The van der Waals surface area contributed by atoms with Crippen molar-refractivity contribution in [3.05, 3.63) is 64.7 Å². The fraction of sp³-hybridized carbons (Fsp3) is 0.333. The molecule has 0 aromatic heterocycles. The summed E-state index contributed by atoms with van der Waals surface area (Å²) in [6.45, 7) is 0. The summed E-state index contributed by atoms with van der Waals surface area (Å²) in [5.41, 5.74) is 1.29. The number of hydrogen-bond donors (Lipinski definition) is 1. The van der Waals surface area contributed by atoms with Crippen LogP contribution in [0, 0.1) is 0 Å². The molecule has 0 amide bonds. The fourth-order valence-corrected chi connectivity index (χ4v) is 3.70. The molecule has 0 atom stereocenters. The number of aromatic hydroxyl groups is 1. The van der Waals surface area contributed by atoms with Gasteiger partial charge < -0.3 is 5.11 Å². The Morgan fingerprint density at radius 3 is 2.05 bits per heavy atom. The van der Waals surface area contributed by atoms with Crippen LogP contribution in [0.1, 0.15) is 36.8 Å². The van der Waals surface area contributed by atoms with Gasteiger partial charge in [-0.05, 0) is 42.2 Å². The molecule has 2 aromatic carbocycles. The third-order valence-electron chi connectivity index (χ3n) is 4.64. The van der Waals surface area contributed by atoms with Crippen LogP contribution in [0.25, 0.3) is 0 Å². The standard InChI is InChI=1S/C18H17ClF2O/c19-16-4-2-1-3-15(16)17(9-11-18(20,21)12-10-17)13-5-7-14(22)8-6-13/h1-8,22H,9-12H2. The second kappa shape index (κ2) is 5.54. The van der Waals surface area contributed by atoms with E-state index in [1.807, 2.05) is 30.3 Å². The van der Waals surface area contributed by atoms with Gasteiger partial charge in [0.2, 0.25) is 5.92 Å². The zero-order valence-electron chi connectivity index (χ0n) is 12.0. The van der Waals surface area contributed by atoms with E-state index in [9.17, 15) is 13.9 Å². The van der Waals surface area contributed by atoms with Gasteiger partial charge in [0.15, 0.2) is 0 Å². The molecule has 0 bridgehead atoms. The fourth-order valence-electron chi connectivity index (χ4n) is 3.39. The number of hydrogen-bond acceptors (Lipinski definition) is 1. The smallest absolute Gasteiger partial charge is 0.248 e. The van der Waals surface area contributed by atoms with Gasteiger partial charge in [-0.15, -0.1) is 0 Å². The average Bonchev–Trinajstić information content (AvgIpc) is 2.50. The predicted octanol–water partition coefficient (Wildman–Crippen LogP) is 5.54. The van der Waals surface area contributed by atoms with E-state index in [1.54, 1.807) is 18.2 Å². The van der Waals surface area contributed by atoms with E-state index in [1.165, 1.54) is 0 Å². The number of phenols is 1. The lowest BCUT2D eigenvalue weighted by Crippen LogP contribution is -2.37. The van der Waals surface area contributed by atoms with Crippen LogP contribution < -0.4 is 0 Å². The second-order valence-electron chi connectivity index (χ2n) is 5.96. The monoisotopic (exact) mass is 322 g/mol. The third-order valence-corrected chi connectivity index (χ3v) is 4.97. The van der Waals surface area contributed by atoms with Crippen molar-refractivity contribution in [2.45, 2.75) is 37.0 Å². The van der Waals surface area contributed by atoms with Gasteiger partial charge in [-0.1, -0.05) is 41.9 Å². The second-order valence-corrected chi connectivity index (χ2v) is 6.37. The first-order valence-corrected chi connectivity index (χ1v) is 7.73. The largest absolute Gasteiger partial charge is 0.508 e. The van der Waals surface area contributed by atoms with Gasteiger partial charge >= 0.3 is 0 Å². The summed E-state index contributed by atoms with van der Waals surface area (Å²) >= 11 is 6.36. The Morgan fingerprint density at radius 2 is 1.45 bits per heavy atom. The topological polar surface area (TPSA) is 20.2 Å². The van der Waals surface area contributed by atoms with Gasteiger partial charge in [0.1, 0.15) is 5.75 Å². The van der Waals surface area contributed by atoms with E-state index in [0.29, 0.717) is 17.9 Å². The minimum Gasteiger partial charge on any atom is -0.508 e. The Morgan fingerprint density at radius 1 is 0.864 bits per heavy atom. The number of phenolic OH excluding ortho intramolecular Hbond substituents is 1. The van der Waals surface area contributed by atoms with Gasteiger partial charge in [-0.2, -0.15) is 0 Å². The first-order chi connectivity index (χ1) is 10.4. The molecule has 116 valence electrons. The summed E-state index contributed by atoms with van der Waals surface area (Å²) in [4.78, 5) is 0. The zero-order valence-corrected chi connectivity index (χ0v) is 12.8. The third kappa shape index (κ3) is 2.70. The van der Waals surface area contributed by atoms with Crippen molar-refractivity contribution in [3.8, 4) is 5.75 Å². The summed E-state index contributed by atoms with van der Waals surface area (Å²) in [5.74, 6) is -2.44. The van der Waals surface area contributed by atoms with Crippen LogP contribution in [0.2, 0.25) is 5.02 Å². The molecule has 0 aliphatic heterocycles. The number of alkyl halides is 2. The van der Waals surface area contributed by atoms with E-state index in [2.05, 4.69) is 0 Å². The van der Waals surface area contributed by atoms with Crippen molar-refractivity contribution < 1.29 is 13.9 Å². The van der Waals surface area contributed by atoms with Crippen molar-refractivity contribution in [3.63, 3.8) is 0 Å². The maximum absolute atomic E-state index is 13.7. The molecule has 0 spiro atoms. The molecule has 1 N–H and O–H groups in total. The summed E-state index contributed by atoms with van der Waals surface area (Å²) in [5, 5.41) is 10.1. The van der Waals surface area contributed by atoms with Crippen LogP contribution in [0.5, 0.6) is 5.75 Å². The highest BCUT2D eigenvalue weighted by molar-refractivity contribution is 6.31. The quantitative estimate of drug-likeness (QED) is 0.769. The molecule has 22 heavy (non-hydrogen) atoms. The molecule has 0 radical (unpaired) electrons. The molecule has 0 heterocycles. The maximum Gasteiger partial charge on any atom is 0.248 e. The molecule has 1 nitrogen and oxygen atoms in total. The molecule has 1 fully saturated rings. The lowest BCUT2D eigenvalue weighted by Gasteiger charge is -2.41. The van der Waals surface area contributed by atoms with E-state index in [-0.39, 0.29) is 18.6 Å². The summed E-state index contributed by atoms with van der Waals surface area (Å²) in [6.07, 6.45) is 0.376. The Hall–Kier alpha value is -1.61. The van der Waals surface area contributed by atoms with Crippen LogP contribution >= 0.6 is 11.6 Å². The van der Waals surface area contributed by atoms with Crippen LogP contribution in [0.15, 0.2) is 48.5 Å². The highest BCUT2D eigenvalue weighted by Crippen LogP contribution is 2.51. The molecule has 1 saturated carbocycles. The Bertz CT molecular complexity index is 657. The van der Waals surface area contributed by atoms with Gasteiger partial charge in [0.05, 0.1) is 0 Å². The Kier molecular flexibility index (Phi) is 3.85. The minimum absolute atomic E-state index is 0.154. The van der Waals surface area contributed by atoms with Crippen LogP contribution in [0.3, 0.4) is 0 Å². The summed E-state index contributed by atoms with van der Waals surface area (Å²) < 4.78 is 27.3. The number of benzene rings is 2. The Labute approximate surface area is 133 Å². The molecule has 0 saturated heterocycles. The summed E-state index contributed by atoms with van der Waals surface area (Å²) in [6, 6.07) is 14.2. The highest BCUT2D eigenvalue weighted by Gasteiger charge is 2.45. The first kappa shape index (κ1) is 15.3. The molecule has 3 rings (SSSR count). The van der Waals surface area contributed by atoms with E-state index in [4.69, 9.17) is 11.6 Å². The van der Waals surface area contributed by atoms with Gasteiger partial charge in [0, 0.05) is 23.3 Å². The van der Waals surface area contributed by atoms with Crippen molar-refractivity contribution >= 4 is 11.6 Å². The zero-order chi connectivity index (χ0) is 15.8. The van der Waals surface area contributed by atoms with E-state index in [0.717, 1.165) is 11.1 Å². The lowest BCUT2D eigenvalue weighted by atomic mass is 9.64. The molecule has 0 unspecified atom stereocenters. The molecular formula is C18H17ClF2O. The molecule has 2 aromatic rings. The number of halogens is 3. The Balaban J connectivity index is 2.11. The normalized spacial score (nSPS) is 19.8. The van der Waals surface area contributed by atoms with Crippen molar-refractivity contribution in [1.29, 1.82) is 0 Å². The molecule has 1 aliphatic rings. The van der Waals surface area contributed by atoms with Crippen LogP contribution in [-0.2, 0) is 5.41 Å². The van der Waals surface area contributed by atoms with Crippen molar-refractivity contribution in [1.82, 2.24) is 0 Å². The molecule has 1 aliphatic carbocycles. The van der Waals surface area contributed by atoms with E-state index < -0.39 is 11.3 Å². The first-order valence-electron chi connectivity index (χ1n) is 7.35. The van der Waals surface area contributed by atoms with Gasteiger partial charge in [-0.25, -0.2) is 8.78 Å². The molecule has 4 heteroatoms. The van der Waals surface area contributed by atoms with Crippen LogP contribution in [0.4, 0.5) is 8.78 Å². The average molecular weight is 323 g/mol. The minimum atomic E-state index is -2.61. The van der Waals surface area contributed by atoms with Crippen molar-refractivity contribution in [2.75, 3.05) is 0 Å². The molecular weight excluding hydrogens is 306 g/mol. The lowest BCUT2D eigenvalue weighted by molar-refractivity contribution is -0.0470. The maximum atomic E-state index is 13.7. The summed E-state index contributed by atoms with van der Waals surface area (Å²) in [7, 11) is 0. The van der Waals surface area contributed by atoms with Gasteiger partial charge in [-0.3, -0.25) is 0 Å². The van der Waals surface area contributed by atoms with Gasteiger partial charge in [0.25, 0.3) is 0 Å². The van der Waals surface area contributed by atoms with Crippen LogP contribution in [-0.4, -0.2) is 11.0 Å². The predicted molar refractivity (Wildman–Crippen MR) is 83.8 cm³/mol. The van der Waals surface area contributed by atoms with E-state index >= 15 is 0 Å². The SMILES string of the molecule is Oc1ccc(C2(c3ccccc3Cl)CCC(F)(F)CC2)cc1. The number of rotatable bonds is 2. The van der Waals surface area contributed by atoms with Crippen molar-refractivity contribution in [2.24, 2.45) is 0 Å².